The third-order valence-electron chi connectivity index (χ3n) is 7.24. The second kappa shape index (κ2) is 11.4. The fraction of sp³-hybridized carbons (Fsp3) is 0.194. The molecule has 0 aliphatic heterocycles. The molecule has 4 aromatic carbocycles. The second-order valence-electron chi connectivity index (χ2n) is 9.80. The first kappa shape index (κ1) is 25.3. The molecule has 0 spiro atoms. The van der Waals surface area contributed by atoms with Gasteiger partial charge in [0.05, 0.1) is 6.61 Å². The molecule has 0 fully saturated rings. The Balaban J connectivity index is 1.29. The molecule has 4 aromatic rings. The Hall–Kier alpha value is -4.35. The van der Waals surface area contributed by atoms with Crippen LogP contribution in [0.5, 0.6) is 5.75 Å². The van der Waals surface area contributed by atoms with Crippen molar-refractivity contribution in [2.75, 3.05) is 6.61 Å². The molecule has 0 saturated heterocycles. The molecule has 38 heavy (non-hydrogen) atoms. The number of unbranched alkanes of at least 4 members (excludes halogenated alkanes) is 2. The predicted molar refractivity (Wildman–Crippen MR) is 157 cm³/mol. The second-order valence-corrected chi connectivity index (χ2v) is 9.80. The third-order valence-corrected chi connectivity index (χ3v) is 7.24. The van der Waals surface area contributed by atoms with Crippen molar-refractivity contribution in [3.63, 3.8) is 0 Å². The van der Waals surface area contributed by atoms with Gasteiger partial charge >= 0.3 is 0 Å². The molecule has 2 heteroatoms. The normalized spacial score (nSPS) is 13.2. The topological polar surface area (TPSA) is 26.3 Å². The molecule has 1 aliphatic rings. The summed E-state index contributed by atoms with van der Waals surface area (Å²) < 4.78 is 6.01. The van der Waals surface area contributed by atoms with Crippen LogP contribution in [0.4, 0.5) is 0 Å². The summed E-state index contributed by atoms with van der Waals surface area (Å²) in [5.41, 5.74) is 10.0. The number of rotatable bonds is 8. The Morgan fingerprint density at radius 1 is 0.816 bits per heavy atom. The van der Waals surface area contributed by atoms with Crippen LogP contribution in [0, 0.1) is 11.8 Å². The lowest BCUT2D eigenvalue weighted by atomic mass is 9.97. The van der Waals surface area contributed by atoms with Crippen molar-refractivity contribution in [1.82, 2.24) is 0 Å². The van der Waals surface area contributed by atoms with E-state index in [1.807, 2.05) is 36.4 Å². The largest absolute Gasteiger partial charge is 0.494 e. The van der Waals surface area contributed by atoms with E-state index in [0.717, 1.165) is 41.0 Å². The number of fused-ring (bicyclic) bond motifs is 3. The molecular formula is C36H32O2. The number of carbonyl (C=O) groups is 1. The van der Waals surface area contributed by atoms with Crippen molar-refractivity contribution in [3.8, 4) is 39.8 Å². The van der Waals surface area contributed by atoms with Crippen molar-refractivity contribution in [3.05, 3.63) is 125 Å². The molecule has 0 aromatic heterocycles. The lowest BCUT2D eigenvalue weighted by molar-refractivity contribution is 0.104. The lowest BCUT2D eigenvalue weighted by Gasteiger charge is -2.10. The zero-order chi connectivity index (χ0) is 26.5. The maximum absolute atomic E-state index is 11.8. The number of allylic oxidation sites excluding steroid dienone is 1. The molecule has 0 heterocycles. The van der Waals surface area contributed by atoms with Gasteiger partial charge in [0.2, 0.25) is 0 Å². The number of benzene rings is 4. The minimum atomic E-state index is -0.0661. The molecule has 1 aliphatic carbocycles. The van der Waals surface area contributed by atoms with Crippen LogP contribution in [0.25, 0.3) is 22.3 Å². The number of carbonyl (C=O) groups excluding carboxylic acids is 1. The van der Waals surface area contributed by atoms with Gasteiger partial charge in [0.15, 0.2) is 5.78 Å². The van der Waals surface area contributed by atoms with Gasteiger partial charge in [-0.2, -0.15) is 0 Å². The summed E-state index contributed by atoms with van der Waals surface area (Å²) in [7, 11) is 0. The minimum Gasteiger partial charge on any atom is -0.494 e. The van der Waals surface area contributed by atoms with Gasteiger partial charge in [0.25, 0.3) is 0 Å². The van der Waals surface area contributed by atoms with Crippen LogP contribution in [0.15, 0.2) is 97.6 Å². The summed E-state index contributed by atoms with van der Waals surface area (Å²) in [6, 6.07) is 28.9. The first-order chi connectivity index (χ1) is 18.6. The maximum atomic E-state index is 11.8. The van der Waals surface area contributed by atoms with Gasteiger partial charge in [0.1, 0.15) is 5.75 Å². The van der Waals surface area contributed by atoms with E-state index in [1.54, 1.807) is 0 Å². The van der Waals surface area contributed by atoms with Crippen molar-refractivity contribution >= 4 is 5.78 Å². The maximum Gasteiger partial charge on any atom is 0.185 e. The molecule has 0 radical (unpaired) electrons. The SMILES string of the molecule is C=CC(=O)c1ccc(-c2ccc(C#Cc3ccc4c(c3)C(C)c3cc(OCCCCC)ccc3-4)cc2)cc1. The summed E-state index contributed by atoms with van der Waals surface area (Å²) in [5.74, 6) is 7.88. The van der Waals surface area contributed by atoms with Gasteiger partial charge in [-0.15, -0.1) is 0 Å². The summed E-state index contributed by atoms with van der Waals surface area (Å²) >= 11 is 0. The standard InChI is InChI=1S/C36H32O2/c1-4-6-7-22-38-31-19-21-33-32-20-12-27(23-34(32)25(3)35(33)24-31)9-8-26-10-13-28(14-11-26)29-15-17-30(18-16-29)36(37)5-2/h5,10-21,23-25H,2,4,6-7,22H2,1,3H3. The van der Waals surface area contributed by atoms with Crippen molar-refractivity contribution in [2.45, 2.75) is 39.0 Å². The average Bonchev–Trinajstić information content (AvgIpc) is 3.24. The first-order valence-corrected chi connectivity index (χ1v) is 13.4. The molecule has 0 amide bonds. The van der Waals surface area contributed by atoms with Gasteiger partial charge in [-0.25, -0.2) is 0 Å². The van der Waals surface area contributed by atoms with Crippen LogP contribution in [0.1, 0.15) is 71.6 Å². The van der Waals surface area contributed by atoms with Crippen LogP contribution >= 0.6 is 0 Å². The van der Waals surface area contributed by atoms with Crippen LogP contribution < -0.4 is 4.74 Å². The molecule has 2 nitrogen and oxygen atoms in total. The first-order valence-electron chi connectivity index (χ1n) is 13.4. The number of ketones is 1. The van der Waals surface area contributed by atoms with Gasteiger partial charge in [-0.1, -0.05) is 93.6 Å². The summed E-state index contributed by atoms with van der Waals surface area (Å²) in [6.07, 6.45) is 4.84. The van der Waals surface area contributed by atoms with E-state index in [2.05, 4.69) is 80.8 Å². The van der Waals surface area contributed by atoms with E-state index in [9.17, 15) is 4.79 Å². The zero-order valence-corrected chi connectivity index (χ0v) is 22.1. The highest BCUT2D eigenvalue weighted by atomic mass is 16.5. The van der Waals surface area contributed by atoms with Gasteiger partial charge in [-0.05, 0) is 82.3 Å². The number of hydrogen-bond acceptors (Lipinski definition) is 2. The van der Waals surface area contributed by atoms with Crippen LogP contribution in [-0.4, -0.2) is 12.4 Å². The monoisotopic (exact) mass is 496 g/mol. The summed E-state index contributed by atoms with van der Waals surface area (Å²) in [6.45, 7) is 8.80. The molecule has 1 atom stereocenters. The number of hydrogen-bond donors (Lipinski definition) is 0. The van der Waals surface area contributed by atoms with Gasteiger partial charge in [0, 0.05) is 22.6 Å². The van der Waals surface area contributed by atoms with E-state index in [0.29, 0.717) is 11.5 Å². The molecule has 0 bridgehead atoms. The molecule has 188 valence electrons. The van der Waals surface area contributed by atoms with E-state index in [1.165, 1.54) is 41.2 Å². The Labute approximate surface area is 226 Å². The lowest BCUT2D eigenvalue weighted by Crippen LogP contribution is -1.98. The smallest absolute Gasteiger partial charge is 0.185 e. The van der Waals surface area contributed by atoms with Gasteiger partial charge in [-0.3, -0.25) is 4.79 Å². The van der Waals surface area contributed by atoms with Crippen molar-refractivity contribution in [2.24, 2.45) is 0 Å². The molecule has 0 N–H and O–H groups in total. The van der Waals surface area contributed by atoms with Gasteiger partial charge < -0.3 is 4.74 Å². The summed E-state index contributed by atoms with van der Waals surface area (Å²) in [5, 5.41) is 0. The van der Waals surface area contributed by atoms with Crippen molar-refractivity contribution in [1.29, 1.82) is 0 Å². The highest BCUT2D eigenvalue weighted by molar-refractivity contribution is 6.04. The van der Waals surface area contributed by atoms with E-state index in [4.69, 9.17) is 4.74 Å². The molecule has 1 unspecified atom stereocenters. The zero-order valence-electron chi connectivity index (χ0n) is 22.1. The Bertz CT molecular complexity index is 1530. The highest BCUT2D eigenvalue weighted by Crippen LogP contribution is 2.46. The van der Waals surface area contributed by atoms with E-state index in [-0.39, 0.29) is 5.78 Å². The van der Waals surface area contributed by atoms with Crippen molar-refractivity contribution < 1.29 is 9.53 Å². The Morgan fingerprint density at radius 2 is 1.42 bits per heavy atom. The molecular weight excluding hydrogens is 464 g/mol. The van der Waals surface area contributed by atoms with Crippen LogP contribution in [0.3, 0.4) is 0 Å². The quantitative estimate of drug-likeness (QED) is 0.105. The van der Waals surface area contributed by atoms with E-state index >= 15 is 0 Å². The Kier molecular flexibility index (Phi) is 7.57. The number of ether oxygens (including phenoxy) is 1. The fourth-order valence-electron chi connectivity index (χ4n) is 5.02. The third kappa shape index (κ3) is 5.34. The fourth-order valence-corrected chi connectivity index (χ4v) is 5.02. The Morgan fingerprint density at radius 3 is 2.11 bits per heavy atom. The van der Waals surface area contributed by atoms with Crippen LogP contribution in [0.2, 0.25) is 0 Å². The average molecular weight is 497 g/mol. The highest BCUT2D eigenvalue weighted by Gasteiger charge is 2.26. The van der Waals surface area contributed by atoms with Crippen LogP contribution in [-0.2, 0) is 0 Å². The molecule has 0 saturated carbocycles. The minimum absolute atomic E-state index is 0.0661. The summed E-state index contributed by atoms with van der Waals surface area (Å²) in [4.78, 5) is 11.8. The molecule has 5 rings (SSSR count). The van der Waals surface area contributed by atoms with E-state index < -0.39 is 0 Å². The predicted octanol–water partition coefficient (Wildman–Crippen LogP) is 8.82.